The lowest BCUT2D eigenvalue weighted by molar-refractivity contribution is -0.125. The highest BCUT2D eigenvalue weighted by Crippen LogP contribution is 1.83. The molecule has 0 aromatic heterocycles. The molecule has 3 N–H and O–H groups in total. The maximum absolute atomic E-state index is 10.1. The lowest BCUT2D eigenvalue weighted by Gasteiger charge is -1.94. The second-order valence-corrected chi connectivity index (χ2v) is 1.20. The Morgan fingerprint density at radius 2 is 2.25 bits per heavy atom. The Bertz CT molecular complexity index is 95.9. The fraction of sp³-hybridized carbons (Fsp3) is 0.250. The van der Waals surface area contributed by atoms with E-state index >= 15 is 0 Å². The number of hydroxylamine groups is 1. The maximum Gasteiger partial charge on any atom is 0.272 e. The quantitative estimate of drug-likeness (QED) is 0.248. The fourth-order valence-corrected chi connectivity index (χ4v) is 0.151. The second kappa shape index (κ2) is 3.17. The minimum atomic E-state index is -0.757. The third-order valence-electron chi connectivity index (χ3n) is 0.614. The highest BCUT2D eigenvalue weighted by atomic mass is 16.5. The molecule has 0 aromatic rings. The van der Waals surface area contributed by atoms with Crippen LogP contribution in [0, 0.1) is 0 Å². The number of carbonyl (C=O) groups is 1. The van der Waals surface area contributed by atoms with Crippen LogP contribution in [0.4, 0.5) is 0 Å². The van der Waals surface area contributed by atoms with Crippen LogP contribution >= 0.6 is 0 Å². The molecule has 4 heteroatoms. The third kappa shape index (κ3) is 1.72. The first kappa shape index (κ1) is 7.13. The summed E-state index contributed by atoms with van der Waals surface area (Å²) in [6.07, 6.45) is 0. The van der Waals surface area contributed by atoms with Gasteiger partial charge in [0.2, 0.25) is 0 Å². The lowest BCUT2D eigenvalue weighted by atomic mass is 10.3. The molecule has 0 aromatic carbocycles. The Hall–Kier alpha value is -0.870. The molecule has 0 aliphatic rings. The molecular weight excluding hydrogens is 110 g/mol. The van der Waals surface area contributed by atoms with Crippen LogP contribution in [0.15, 0.2) is 12.2 Å². The molecule has 0 saturated heterocycles. The Balaban J connectivity index is 3.64. The van der Waals surface area contributed by atoms with Gasteiger partial charge < -0.3 is 5.11 Å². The van der Waals surface area contributed by atoms with E-state index in [4.69, 9.17) is 10.3 Å². The van der Waals surface area contributed by atoms with Crippen molar-refractivity contribution in [2.75, 3.05) is 6.61 Å². The molecule has 46 valence electrons. The number of hydrogen-bond acceptors (Lipinski definition) is 3. The second-order valence-electron chi connectivity index (χ2n) is 1.20. The predicted molar refractivity (Wildman–Crippen MR) is 26.2 cm³/mol. The number of aliphatic hydroxyl groups is 1. The number of amides is 1. The Morgan fingerprint density at radius 3 is 2.38 bits per heavy atom. The summed E-state index contributed by atoms with van der Waals surface area (Å²) >= 11 is 0. The van der Waals surface area contributed by atoms with Crippen molar-refractivity contribution in [1.82, 2.24) is 5.48 Å². The first-order valence-electron chi connectivity index (χ1n) is 1.95. The molecule has 0 spiro atoms. The number of hydrogen-bond donors (Lipinski definition) is 3. The number of rotatable bonds is 2. The molecule has 8 heavy (non-hydrogen) atoms. The van der Waals surface area contributed by atoms with Crippen LogP contribution in [0.25, 0.3) is 0 Å². The molecule has 0 unspecified atom stereocenters. The topological polar surface area (TPSA) is 69.6 Å². The van der Waals surface area contributed by atoms with Gasteiger partial charge in [-0.2, -0.15) is 0 Å². The van der Waals surface area contributed by atoms with Crippen LogP contribution in [-0.4, -0.2) is 22.8 Å². The smallest absolute Gasteiger partial charge is 0.272 e. The highest BCUT2D eigenvalue weighted by molar-refractivity contribution is 5.91. The van der Waals surface area contributed by atoms with Gasteiger partial charge in [-0.15, -0.1) is 0 Å². The van der Waals surface area contributed by atoms with Crippen molar-refractivity contribution >= 4 is 5.91 Å². The fourth-order valence-electron chi connectivity index (χ4n) is 0.151. The number of aliphatic hydroxyl groups excluding tert-OH is 1. The average Bonchev–Trinajstić information content (AvgIpc) is 1.84. The molecule has 1 amide bonds. The molecule has 0 heterocycles. The first-order chi connectivity index (χ1) is 3.72. The van der Waals surface area contributed by atoms with Gasteiger partial charge in [0, 0.05) is 5.57 Å². The van der Waals surface area contributed by atoms with Crippen molar-refractivity contribution in [3.8, 4) is 0 Å². The van der Waals surface area contributed by atoms with Crippen LogP contribution in [0.3, 0.4) is 0 Å². The zero-order valence-corrected chi connectivity index (χ0v) is 4.22. The van der Waals surface area contributed by atoms with Crippen LogP contribution in [0.1, 0.15) is 0 Å². The van der Waals surface area contributed by atoms with Gasteiger partial charge in [-0.3, -0.25) is 10.0 Å². The zero-order chi connectivity index (χ0) is 6.57. The molecule has 0 aliphatic carbocycles. The molecule has 0 radical (unpaired) electrons. The van der Waals surface area contributed by atoms with Gasteiger partial charge in [-0.05, 0) is 0 Å². The van der Waals surface area contributed by atoms with Crippen LogP contribution in [0.2, 0.25) is 0 Å². The maximum atomic E-state index is 10.1. The van der Waals surface area contributed by atoms with Gasteiger partial charge in [0.15, 0.2) is 0 Å². The summed E-state index contributed by atoms with van der Waals surface area (Å²) in [4.78, 5) is 10.1. The van der Waals surface area contributed by atoms with Crippen LogP contribution in [0.5, 0.6) is 0 Å². The SMILES string of the molecule is C=C(CO)C(=O)NO. The van der Waals surface area contributed by atoms with Gasteiger partial charge in [0.25, 0.3) is 5.91 Å². The molecule has 0 fully saturated rings. The zero-order valence-electron chi connectivity index (χ0n) is 4.22. The summed E-state index contributed by atoms with van der Waals surface area (Å²) in [5, 5.41) is 16.0. The van der Waals surface area contributed by atoms with E-state index in [1.54, 1.807) is 0 Å². The summed E-state index contributed by atoms with van der Waals surface area (Å²) in [7, 11) is 0. The van der Waals surface area contributed by atoms with E-state index < -0.39 is 12.5 Å². The van der Waals surface area contributed by atoms with Gasteiger partial charge in [-0.25, -0.2) is 5.48 Å². The monoisotopic (exact) mass is 117 g/mol. The van der Waals surface area contributed by atoms with Crippen molar-refractivity contribution in [3.05, 3.63) is 12.2 Å². The van der Waals surface area contributed by atoms with E-state index in [0.717, 1.165) is 0 Å². The van der Waals surface area contributed by atoms with E-state index in [2.05, 4.69) is 6.58 Å². The normalized spacial score (nSPS) is 8.25. The summed E-state index contributed by atoms with van der Waals surface area (Å²) in [5.41, 5.74) is 1.25. The molecule has 0 rings (SSSR count). The molecule has 0 atom stereocenters. The van der Waals surface area contributed by atoms with Crippen molar-refractivity contribution in [3.63, 3.8) is 0 Å². The molecule has 0 saturated carbocycles. The molecular formula is C4H7NO3. The van der Waals surface area contributed by atoms with E-state index in [0.29, 0.717) is 0 Å². The van der Waals surface area contributed by atoms with E-state index in [1.165, 1.54) is 5.48 Å². The highest BCUT2D eigenvalue weighted by Gasteiger charge is 2.00. The van der Waals surface area contributed by atoms with Crippen LogP contribution < -0.4 is 5.48 Å². The third-order valence-corrected chi connectivity index (χ3v) is 0.614. The van der Waals surface area contributed by atoms with Crippen molar-refractivity contribution in [1.29, 1.82) is 0 Å². The summed E-state index contributed by atoms with van der Waals surface area (Å²) in [6.45, 7) is 2.68. The van der Waals surface area contributed by atoms with Crippen LogP contribution in [-0.2, 0) is 4.79 Å². The van der Waals surface area contributed by atoms with Crippen molar-refractivity contribution < 1.29 is 15.1 Å². The summed E-state index contributed by atoms with van der Waals surface area (Å²) in [6, 6.07) is 0. The lowest BCUT2D eigenvalue weighted by Crippen LogP contribution is -2.21. The van der Waals surface area contributed by atoms with Gasteiger partial charge in [0.05, 0.1) is 6.61 Å². The minimum absolute atomic E-state index is 0.0625. The molecule has 0 aliphatic heterocycles. The van der Waals surface area contributed by atoms with Crippen molar-refractivity contribution in [2.24, 2.45) is 0 Å². The molecule has 4 nitrogen and oxygen atoms in total. The number of carbonyl (C=O) groups excluding carboxylic acids is 1. The van der Waals surface area contributed by atoms with E-state index in [-0.39, 0.29) is 5.57 Å². The van der Waals surface area contributed by atoms with Gasteiger partial charge >= 0.3 is 0 Å². The standard InChI is InChI=1S/C4H7NO3/c1-3(2-6)4(7)5-8/h6,8H,1-2H2,(H,5,7). The largest absolute Gasteiger partial charge is 0.391 e. The summed E-state index contributed by atoms with van der Waals surface area (Å²) in [5.74, 6) is -0.757. The minimum Gasteiger partial charge on any atom is -0.391 e. The Morgan fingerprint density at radius 1 is 1.75 bits per heavy atom. The Labute approximate surface area is 46.4 Å². The van der Waals surface area contributed by atoms with E-state index in [9.17, 15) is 4.79 Å². The van der Waals surface area contributed by atoms with Gasteiger partial charge in [0.1, 0.15) is 0 Å². The number of nitrogens with one attached hydrogen (secondary N) is 1. The predicted octanol–water partition coefficient (Wildman–Crippen LogP) is -0.960. The summed E-state index contributed by atoms with van der Waals surface area (Å²) < 4.78 is 0. The Kier molecular flexibility index (Phi) is 2.83. The average molecular weight is 117 g/mol. The molecule has 0 bridgehead atoms. The van der Waals surface area contributed by atoms with Crippen molar-refractivity contribution in [2.45, 2.75) is 0 Å². The first-order valence-corrected chi connectivity index (χ1v) is 1.95. The van der Waals surface area contributed by atoms with E-state index in [1.807, 2.05) is 0 Å². The van der Waals surface area contributed by atoms with Gasteiger partial charge in [-0.1, -0.05) is 6.58 Å².